The third-order valence-corrected chi connectivity index (χ3v) is 13.4. The maximum absolute atomic E-state index is 12.5. The van der Waals surface area contributed by atoms with Gasteiger partial charge in [0, 0.05) is 13.2 Å². The Kier molecular flexibility index (Phi) is 17.3. The van der Waals surface area contributed by atoms with Crippen LogP contribution in [-0.4, -0.2) is 37.8 Å². The summed E-state index contributed by atoms with van der Waals surface area (Å²) >= 11 is 0. The Morgan fingerprint density at radius 1 is 0.436 bits per heavy atom. The highest BCUT2D eigenvalue weighted by Crippen LogP contribution is 2.45. The van der Waals surface area contributed by atoms with E-state index < -0.39 is 25.2 Å². The summed E-state index contributed by atoms with van der Waals surface area (Å²) in [5.41, 5.74) is 3.17. The Balaban J connectivity index is 0.000000211. The van der Waals surface area contributed by atoms with Crippen LogP contribution in [0.4, 0.5) is 26.3 Å². The molecule has 0 saturated heterocycles. The molecular formula is C47H68F6O2. The lowest BCUT2D eigenvalue weighted by Gasteiger charge is -2.38. The van der Waals surface area contributed by atoms with Crippen molar-refractivity contribution in [1.82, 2.24) is 0 Å². The highest BCUT2D eigenvalue weighted by Gasteiger charge is 2.34. The zero-order valence-corrected chi connectivity index (χ0v) is 33.6. The van der Waals surface area contributed by atoms with E-state index in [0.29, 0.717) is 35.2 Å². The summed E-state index contributed by atoms with van der Waals surface area (Å²) in [5, 5.41) is 0. The van der Waals surface area contributed by atoms with Crippen molar-refractivity contribution in [1.29, 1.82) is 0 Å². The van der Waals surface area contributed by atoms with Gasteiger partial charge in [0.25, 0.3) is 0 Å². The molecule has 4 aliphatic rings. The van der Waals surface area contributed by atoms with E-state index in [1.807, 2.05) is 24.3 Å². The zero-order chi connectivity index (χ0) is 39.3. The Labute approximate surface area is 327 Å². The van der Waals surface area contributed by atoms with Crippen molar-refractivity contribution in [2.75, 3.05) is 13.2 Å². The van der Waals surface area contributed by atoms with Crippen LogP contribution in [0.25, 0.3) is 0 Å². The minimum Gasteiger partial charge on any atom is -0.378 e. The van der Waals surface area contributed by atoms with Crippen LogP contribution in [0.3, 0.4) is 0 Å². The fourth-order valence-corrected chi connectivity index (χ4v) is 10.3. The van der Waals surface area contributed by atoms with Gasteiger partial charge in [0.05, 0.1) is 25.0 Å². The van der Waals surface area contributed by atoms with Gasteiger partial charge in [-0.1, -0.05) is 68.8 Å². The summed E-state index contributed by atoms with van der Waals surface area (Å²) < 4.78 is 86.9. The van der Waals surface area contributed by atoms with E-state index in [9.17, 15) is 26.3 Å². The molecule has 0 aromatic heterocycles. The van der Waals surface area contributed by atoms with Gasteiger partial charge in [-0.25, -0.2) is 0 Å². The van der Waals surface area contributed by atoms with Crippen LogP contribution in [0.1, 0.15) is 170 Å². The summed E-state index contributed by atoms with van der Waals surface area (Å²) in [6.07, 6.45) is 14.4. The monoisotopic (exact) mass is 779 g/mol. The third-order valence-electron chi connectivity index (χ3n) is 13.4. The van der Waals surface area contributed by atoms with E-state index in [-0.39, 0.29) is 0 Å². The van der Waals surface area contributed by atoms with Gasteiger partial charge in [0.1, 0.15) is 0 Å². The van der Waals surface area contributed by atoms with Crippen molar-refractivity contribution >= 4 is 0 Å². The van der Waals surface area contributed by atoms with Crippen molar-refractivity contribution in [3.63, 3.8) is 0 Å². The summed E-state index contributed by atoms with van der Waals surface area (Å²) in [6.45, 7) is 6.17. The molecule has 55 heavy (non-hydrogen) atoms. The summed E-state index contributed by atoms with van der Waals surface area (Å²) in [5.74, 6) is 4.40. The first-order chi connectivity index (χ1) is 26.4. The van der Waals surface area contributed by atoms with Crippen molar-refractivity contribution < 1.29 is 35.8 Å². The molecule has 2 aromatic rings. The smallest absolute Gasteiger partial charge is 0.378 e. The third kappa shape index (κ3) is 15.0. The van der Waals surface area contributed by atoms with Gasteiger partial charge in [0.2, 0.25) is 0 Å². The van der Waals surface area contributed by atoms with Gasteiger partial charge in [-0.2, -0.15) is 26.3 Å². The maximum atomic E-state index is 12.5. The average Bonchev–Trinajstić information content (AvgIpc) is 3.18. The molecule has 4 aliphatic carbocycles. The second-order valence-electron chi connectivity index (χ2n) is 17.5. The highest BCUT2D eigenvalue weighted by atomic mass is 19.4. The van der Waals surface area contributed by atoms with E-state index in [1.165, 1.54) is 127 Å². The summed E-state index contributed by atoms with van der Waals surface area (Å²) in [6, 6.07) is 14.3. The Bertz CT molecular complexity index is 1320. The fraction of sp³-hybridized carbons (Fsp3) is 0.745. The first kappa shape index (κ1) is 44.1. The second-order valence-corrected chi connectivity index (χ2v) is 17.5. The highest BCUT2D eigenvalue weighted by molar-refractivity contribution is 5.27. The molecule has 0 N–H and O–H groups in total. The van der Waals surface area contributed by atoms with Gasteiger partial charge in [-0.15, -0.1) is 0 Å². The molecule has 0 aliphatic heterocycles. The number of halogens is 6. The lowest BCUT2D eigenvalue weighted by atomic mass is 9.69. The lowest BCUT2D eigenvalue weighted by molar-refractivity contribution is -0.128. The van der Waals surface area contributed by atoms with Crippen LogP contribution in [-0.2, 0) is 22.3 Å². The molecular weight excluding hydrogens is 711 g/mol. The minimum atomic E-state index is -4.13. The zero-order valence-electron chi connectivity index (χ0n) is 33.6. The van der Waals surface area contributed by atoms with Crippen LogP contribution < -0.4 is 0 Å². The standard InChI is InChI=1S/C24H35F3O.C23H33F3O/c1-2-3-16-28-23-14-12-22(13-15-23)21-10-8-20(9-11-21)19-6-4-18(5-7-19)17-24(25,26)27;1-2-15-27-22-13-11-21(12-14-22)20-9-7-19(8-10-20)18-5-3-17(4-6-18)16-23(24,25)26/h4-7,20-23H,2-3,8-17H2,1H3;3-6,19-22H,2,7-16H2,1H3/t20?,21?,22-,23-;19?,20?,21-,22-. The molecule has 6 rings (SSSR count). The van der Waals surface area contributed by atoms with Crippen molar-refractivity contribution in [2.45, 2.75) is 185 Å². The first-order valence-corrected chi connectivity index (χ1v) is 21.9. The van der Waals surface area contributed by atoms with Crippen LogP contribution >= 0.6 is 0 Å². The quantitative estimate of drug-likeness (QED) is 0.149. The average molecular weight is 779 g/mol. The molecule has 0 atom stereocenters. The van der Waals surface area contributed by atoms with E-state index >= 15 is 0 Å². The number of alkyl halides is 6. The van der Waals surface area contributed by atoms with Crippen molar-refractivity contribution in [2.24, 2.45) is 23.7 Å². The number of rotatable bonds is 13. The molecule has 0 spiro atoms. The van der Waals surface area contributed by atoms with Crippen LogP contribution in [0, 0.1) is 23.7 Å². The lowest BCUT2D eigenvalue weighted by Crippen LogP contribution is -2.28. The molecule has 310 valence electrons. The van der Waals surface area contributed by atoms with Gasteiger partial charge >= 0.3 is 12.4 Å². The maximum Gasteiger partial charge on any atom is 0.393 e. The number of unbranched alkanes of at least 4 members (excludes halogenated alkanes) is 1. The number of ether oxygens (including phenoxy) is 2. The van der Waals surface area contributed by atoms with E-state index in [1.54, 1.807) is 24.3 Å². The molecule has 2 aromatic carbocycles. The van der Waals surface area contributed by atoms with Gasteiger partial charge in [-0.3, -0.25) is 0 Å². The molecule has 4 saturated carbocycles. The van der Waals surface area contributed by atoms with Crippen molar-refractivity contribution in [3.8, 4) is 0 Å². The fourth-order valence-electron chi connectivity index (χ4n) is 10.3. The molecule has 0 heterocycles. The predicted octanol–water partition coefficient (Wildman–Crippen LogP) is 14.5. The predicted molar refractivity (Wildman–Crippen MR) is 210 cm³/mol. The minimum absolute atomic E-state index is 0.363. The van der Waals surface area contributed by atoms with E-state index in [2.05, 4.69) is 13.8 Å². The molecule has 0 radical (unpaired) electrons. The van der Waals surface area contributed by atoms with Crippen LogP contribution in [0.5, 0.6) is 0 Å². The first-order valence-electron chi connectivity index (χ1n) is 21.9. The van der Waals surface area contributed by atoms with E-state index in [0.717, 1.165) is 43.3 Å². The second kappa shape index (κ2) is 21.6. The molecule has 0 unspecified atom stereocenters. The van der Waals surface area contributed by atoms with E-state index in [4.69, 9.17) is 9.47 Å². The van der Waals surface area contributed by atoms with Gasteiger partial charge in [0.15, 0.2) is 0 Å². The molecule has 8 heteroatoms. The SMILES string of the molecule is CCCCO[C@H]1CC[C@H](C2CCC(c3ccc(CC(F)(F)F)cc3)CC2)CC1.CCCO[C@H]1CC[C@H](C2CCC(c3ccc(CC(F)(F)F)cc3)CC2)CC1. The normalized spacial score (nSPS) is 29.3. The Morgan fingerprint density at radius 2 is 0.764 bits per heavy atom. The largest absolute Gasteiger partial charge is 0.393 e. The van der Waals surface area contributed by atoms with Crippen LogP contribution in [0.2, 0.25) is 0 Å². The Hall–Kier alpha value is -2.06. The molecule has 2 nitrogen and oxygen atoms in total. The van der Waals surface area contributed by atoms with Crippen LogP contribution in [0.15, 0.2) is 48.5 Å². The topological polar surface area (TPSA) is 18.5 Å². The van der Waals surface area contributed by atoms with Crippen molar-refractivity contribution in [3.05, 3.63) is 70.8 Å². The summed E-state index contributed by atoms with van der Waals surface area (Å²) in [7, 11) is 0. The molecule has 0 amide bonds. The molecule has 4 fully saturated rings. The Morgan fingerprint density at radius 3 is 1.07 bits per heavy atom. The van der Waals surface area contributed by atoms with Gasteiger partial charge in [-0.05, 0) is 173 Å². The van der Waals surface area contributed by atoms with Gasteiger partial charge < -0.3 is 9.47 Å². The number of benzene rings is 2. The number of hydrogen-bond acceptors (Lipinski definition) is 2. The summed E-state index contributed by atoms with van der Waals surface area (Å²) in [4.78, 5) is 0. The number of hydrogen-bond donors (Lipinski definition) is 0. The molecule has 0 bridgehead atoms.